The molecule has 0 amide bonds. The van der Waals surface area contributed by atoms with Crippen molar-refractivity contribution in [3.05, 3.63) is 92.9 Å². The number of benzene rings is 4. The lowest BCUT2D eigenvalue weighted by atomic mass is 10.2. The van der Waals surface area contributed by atoms with Crippen LogP contribution in [0.1, 0.15) is 0 Å². The van der Waals surface area contributed by atoms with Gasteiger partial charge in [-0.1, -0.05) is 60.2 Å². The van der Waals surface area contributed by atoms with Crippen LogP contribution < -0.4 is 8.37 Å². The Labute approximate surface area is 300 Å². The first kappa shape index (κ1) is 36.6. The number of rotatable bonds is 8. The van der Waals surface area contributed by atoms with Gasteiger partial charge in [0, 0.05) is 22.3 Å². The fourth-order valence-corrected chi connectivity index (χ4v) is 5.50. The van der Waals surface area contributed by atoms with Gasteiger partial charge in [-0.3, -0.25) is 0 Å². The van der Waals surface area contributed by atoms with Crippen LogP contribution in [0.4, 0.5) is 7.77 Å². The van der Waals surface area contributed by atoms with Gasteiger partial charge in [0.2, 0.25) is 23.6 Å². The normalized spacial score (nSPS) is 11.5. The molecule has 6 aromatic rings. The van der Waals surface area contributed by atoms with E-state index < -0.39 is 21.0 Å². The third-order valence-electron chi connectivity index (χ3n) is 5.95. The highest BCUT2D eigenvalue weighted by atomic mass is 35.5. The molecule has 0 unspecified atom stereocenters. The van der Waals surface area contributed by atoms with Gasteiger partial charge in [-0.15, -0.1) is 20.4 Å². The Morgan fingerprint density at radius 2 is 0.900 bits per heavy atom. The van der Waals surface area contributed by atoms with Crippen molar-refractivity contribution in [3.8, 4) is 68.8 Å². The van der Waals surface area contributed by atoms with Gasteiger partial charge >= 0.3 is 21.0 Å². The molecular weight excluding hydrogens is 796 g/mol. The standard InChI is InChI=1S/2C14H7Cl2FN2O5S/c15-10-5-8(6-11(16)12(10)20)14-19-18-13(23-14)7-1-3-9(4-2-7)24-25(17,21)22;15-10-5-8(6-11(16)12(10)20)14-19-18-13(23-14)7-2-1-3-9(4-7)24-25(17,21)22/h2*1-6,20H. The van der Waals surface area contributed by atoms with E-state index in [1.165, 1.54) is 72.8 Å². The first-order chi connectivity index (χ1) is 23.5. The summed E-state index contributed by atoms with van der Waals surface area (Å²) in [7, 11) is -10.2. The van der Waals surface area contributed by atoms with Gasteiger partial charge < -0.3 is 27.4 Å². The van der Waals surface area contributed by atoms with Gasteiger partial charge in [0.15, 0.2) is 11.5 Å². The zero-order chi connectivity index (χ0) is 36.4. The molecule has 0 saturated heterocycles. The summed E-state index contributed by atoms with van der Waals surface area (Å²) >= 11 is 23.4. The minimum atomic E-state index is -5.15. The topological polar surface area (TPSA) is 205 Å². The summed E-state index contributed by atoms with van der Waals surface area (Å²) in [6.45, 7) is 0. The molecule has 2 aromatic heterocycles. The van der Waals surface area contributed by atoms with E-state index in [0.29, 0.717) is 22.3 Å². The summed E-state index contributed by atoms with van der Waals surface area (Å²) in [4.78, 5) is 0. The smallest absolute Gasteiger partial charge is 0.488 e. The second kappa shape index (κ2) is 14.6. The largest absolute Gasteiger partial charge is 0.505 e. The predicted molar refractivity (Wildman–Crippen MR) is 175 cm³/mol. The maximum Gasteiger partial charge on any atom is 0.488 e. The Hall–Kier alpha value is -4.72. The summed E-state index contributed by atoms with van der Waals surface area (Å²) in [5.41, 5.74) is 1.51. The fourth-order valence-electron chi connectivity index (χ4n) is 3.85. The third kappa shape index (κ3) is 9.29. The van der Waals surface area contributed by atoms with Crippen LogP contribution in [0.25, 0.3) is 45.8 Å². The zero-order valence-corrected chi connectivity index (χ0v) is 28.6. The maximum absolute atomic E-state index is 12.6. The molecule has 0 radical (unpaired) electrons. The third-order valence-corrected chi connectivity index (χ3v) is 7.89. The quantitative estimate of drug-likeness (QED) is 0.140. The van der Waals surface area contributed by atoms with E-state index in [2.05, 4.69) is 28.8 Å². The van der Waals surface area contributed by atoms with Crippen LogP contribution in [-0.4, -0.2) is 47.4 Å². The molecular formula is C28H14Cl4F2N4O10S2. The van der Waals surface area contributed by atoms with Crippen LogP contribution in [0.5, 0.6) is 23.0 Å². The number of hydrogen-bond donors (Lipinski definition) is 2. The van der Waals surface area contributed by atoms with Gasteiger partial charge in [0.25, 0.3) is 0 Å². The Morgan fingerprint density at radius 1 is 0.520 bits per heavy atom. The molecule has 22 heteroatoms. The number of aromatic nitrogens is 4. The van der Waals surface area contributed by atoms with Crippen molar-refractivity contribution in [2.24, 2.45) is 0 Å². The predicted octanol–water partition coefficient (Wildman–Crippen LogP) is 8.02. The van der Waals surface area contributed by atoms with Crippen molar-refractivity contribution in [2.45, 2.75) is 0 Å². The summed E-state index contributed by atoms with van der Waals surface area (Å²) < 4.78 is 86.2. The van der Waals surface area contributed by atoms with Crippen molar-refractivity contribution in [3.63, 3.8) is 0 Å². The SMILES string of the molecule is O=S(=O)(F)Oc1ccc(-c2nnc(-c3cc(Cl)c(O)c(Cl)c3)o2)cc1.O=S(=O)(F)Oc1cccc(-c2nnc(-c3cc(Cl)c(O)c(Cl)c3)o2)c1. The van der Waals surface area contributed by atoms with Crippen molar-refractivity contribution in [1.29, 1.82) is 0 Å². The number of nitrogens with zero attached hydrogens (tertiary/aromatic N) is 4. The maximum atomic E-state index is 12.6. The van der Waals surface area contributed by atoms with E-state index >= 15 is 0 Å². The molecule has 0 aliphatic heterocycles. The Kier molecular flexibility index (Phi) is 10.7. The highest BCUT2D eigenvalue weighted by Gasteiger charge is 2.18. The van der Waals surface area contributed by atoms with Gasteiger partial charge in [0.05, 0.1) is 20.1 Å². The van der Waals surface area contributed by atoms with E-state index in [1.54, 1.807) is 0 Å². The molecule has 6 rings (SSSR count). The number of phenols is 2. The first-order valence-electron chi connectivity index (χ1n) is 13.0. The number of hydrogen-bond acceptors (Lipinski definition) is 14. The molecule has 260 valence electrons. The highest BCUT2D eigenvalue weighted by Crippen LogP contribution is 2.38. The van der Waals surface area contributed by atoms with E-state index in [0.717, 1.165) is 0 Å². The van der Waals surface area contributed by atoms with Crippen molar-refractivity contribution < 1.29 is 52.0 Å². The van der Waals surface area contributed by atoms with Gasteiger partial charge in [-0.05, 0) is 66.7 Å². The highest BCUT2D eigenvalue weighted by molar-refractivity contribution is 7.82. The van der Waals surface area contributed by atoms with Crippen LogP contribution in [0, 0.1) is 0 Å². The molecule has 0 aliphatic carbocycles. The number of aromatic hydroxyl groups is 2. The molecule has 50 heavy (non-hydrogen) atoms. The lowest BCUT2D eigenvalue weighted by molar-refractivity contribution is 0.438. The minimum Gasteiger partial charge on any atom is -0.505 e. The molecule has 0 saturated carbocycles. The van der Waals surface area contributed by atoms with Gasteiger partial charge in [-0.2, -0.15) is 16.8 Å². The molecule has 0 aliphatic rings. The number of phenolic OH excluding ortho intramolecular Hbond substituents is 2. The average molecular weight is 810 g/mol. The van der Waals surface area contributed by atoms with Crippen LogP contribution in [0.3, 0.4) is 0 Å². The first-order valence-corrected chi connectivity index (χ1v) is 17.1. The number of halogens is 6. The summed E-state index contributed by atoms with van der Waals surface area (Å²) in [5.74, 6) is -0.691. The summed E-state index contributed by atoms with van der Waals surface area (Å²) in [5, 5.41) is 34.5. The molecule has 0 atom stereocenters. The minimum absolute atomic E-state index is 0.00537. The lowest BCUT2D eigenvalue weighted by Gasteiger charge is -2.02. The van der Waals surface area contributed by atoms with Gasteiger partial charge in [-0.25, -0.2) is 0 Å². The van der Waals surface area contributed by atoms with Crippen molar-refractivity contribution in [2.75, 3.05) is 0 Å². The van der Waals surface area contributed by atoms with Crippen molar-refractivity contribution in [1.82, 2.24) is 20.4 Å². The van der Waals surface area contributed by atoms with Crippen LogP contribution >= 0.6 is 46.4 Å². The molecule has 0 spiro atoms. The Morgan fingerprint density at radius 3 is 1.32 bits per heavy atom. The van der Waals surface area contributed by atoms with E-state index in [-0.39, 0.29) is 66.7 Å². The summed E-state index contributed by atoms with van der Waals surface area (Å²) in [6, 6.07) is 16.3. The molecule has 0 bridgehead atoms. The molecule has 2 N–H and O–H groups in total. The second-order valence-corrected chi connectivity index (χ2v) is 12.9. The van der Waals surface area contributed by atoms with E-state index in [1.807, 2.05) is 0 Å². The second-order valence-electron chi connectivity index (χ2n) is 9.41. The molecule has 4 aromatic carbocycles. The van der Waals surface area contributed by atoms with Crippen LogP contribution in [0.15, 0.2) is 81.6 Å². The van der Waals surface area contributed by atoms with E-state index in [4.69, 9.17) is 55.2 Å². The Balaban J connectivity index is 0.000000194. The van der Waals surface area contributed by atoms with E-state index in [9.17, 15) is 34.8 Å². The average Bonchev–Trinajstić information content (AvgIpc) is 3.73. The van der Waals surface area contributed by atoms with Gasteiger partial charge in [0.1, 0.15) is 11.5 Å². The van der Waals surface area contributed by atoms with Crippen LogP contribution in [-0.2, 0) is 21.0 Å². The molecule has 0 fully saturated rings. The Bertz CT molecular complexity index is 2390. The molecule has 2 heterocycles. The van der Waals surface area contributed by atoms with Crippen molar-refractivity contribution >= 4 is 67.4 Å². The summed E-state index contributed by atoms with van der Waals surface area (Å²) in [6.07, 6.45) is 0. The lowest BCUT2D eigenvalue weighted by Crippen LogP contribution is -2.00. The zero-order valence-electron chi connectivity index (χ0n) is 24.0. The monoisotopic (exact) mass is 808 g/mol. The fraction of sp³-hybridized carbons (Fsp3) is 0. The molecule has 14 nitrogen and oxygen atoms in total. The van der Waals surface area contributed by atoms with Crippen LogP contribution in [0.2, 0.25) is 20.1 Å².